The van der Waals surface area contributed by atoms with Crippen molar-refractivity contribution in [1.29, 1.82) is 0 Å². The van der Waals surface area contributed by atoms with E-state index in [1.54, 1.807) is 5.38 Å². The minimum Gasteiger partial charge on any atom is -0.346 e. The summed E-state index contributed by atoms with van der Waals surface area (Å²) in [6.45, 7) is 2.76. The summed E-state index contributed by atoms with van der Waals surface area (Å²) in [6.07, 6.45) is 3.84. The van der Waals surface area contributed by atoms with E-state index in [9.17, 15) is 4.79 Å². The molecule has 6 nitrogen and oxygen atoms in total. The van der Waals surface area contributed by atoms with E-state index in [0.717, 1.165) is 30.9 Å². The normalized spacial score (nSPS) is 18.4. The SMILES string of the molecule is Cc1cn2c(n1)CCC(NC(=O)c1csnn1)C2. The number of aryl methyl sites for hydroxylation is 2. The van der Waals surface area contributed by atoms with Gasteiger partial charge >= 0.3 is 0 Å². The van der Waals surface area contributed by atoms with Gasteiger partial charge in [-0.25, -0.2) is 4.98 Å². The summed E-state index contributed by atoms with van der Waals surface area (Å²) in [5.41, 5.74) is 1.42. The second-order valence-corrected chi connectivity index (χ2v) is 5.06. The molecule has 0 bridgehead atoms. The Bertz CT molecular complexity index is 562. The molecule has 0 aliphatic carbocycles. The van der Waals surface area contributed by atoms with Crippen LogP contribution in [0.2, 0.25) is 0 Å². The third-order valence-electron chi connectivity index (χ3n) is 3.04. The molecule has 0 aromatic carbocycles. The largest absolute Gasteiger partial charge is 0.346 e. The Morgan fingerprint density at radius 2 is 2.50 bits per heavy atom. The number of hydrogen-bond donors (Lipinski definition) is 1. The summed E-state index contributed by atoms with van der Waals surface area (Å²) < 4.78 is 5.81. The van der Waals surface area contributed by atoms with Gasteiger partial charge < -0.3 is 9.88 Å². The Morgan fingerprint density at radius 1 is 1.61 bits per heavy atom. The Hall–Kier alpha value is -1.76. The molecule has 3 rings (SSSR count). The highest BCUT2D eigenvalue weighted by Gasteiger charge is 2.22. The van der Waals surface area contributed by atoms with Crippen LogP contribution in [-0.2, 0) is 13.0 Å². The molecule has 3 heterocycles. The van der Waals surface area contributed by atoms with E-state index < -0.39 is 0 Å². The molecule has 1 unspecified atom stereocenters. The van der Waals surface area contributed by atoms with Gasteiger partial charge in [0.2, 0.25) is 0 Å². The van der Waals surface area contributed by atoms with Crippen molar-refractivity contribution in [2.24, 2.45) is 0 Å². The van der Waals surface area contributed by atoms with Crippen molar-refractivity contribution in [3.05, 3.63) is 28.8 Å². The van der Waals surface area contributed by atoms with Crippen LogP contribution in [0.5, 0.6) is 0 Å². The van der Waals surface area contributed by atoms with Gasteiger partial charge in [0.05, 0.1) is 5.69 Å². The standard InChI is InChI=1S/C11H13N5OS/c1-7-4-16-5-8(2-3-10(16)12-7)13-11(17)9-6-18-15-14-9/h4,6,8H,2-3,5H2,1H3,(H,13,17). The molecule has 2 aromatic heterocycles. The van der Waals surface area contributed by atoms with Crippen molar-refractivity contribution in [1.82, 2.24) is 24.5 Å². The number of hydrogen-bond acceptors (Lipinski definition) is 5. The second kappa shape index (κ2) is 4.49. The van der Waals surface area contributed by atoms with Gasteiger partial charge in [0.25, 0.3) is 5.91 Å². The number of imidazole rings is 1. The predicted octanol–water partition coefficient (Wildman–Crippen LogP) is 0.788. The van der Waals surface area contributed by atoms with Gasteiger partial charge in [0.1, 0.15) is 5.82 Å². The lowest BCUT2D eigenvalue weighted by atomic mass is 10.1. The van der Waals surface area contributed by atoms with Crippen molar-refractivity contribution >= 4 is 17.4 Å². The van der Waals surface area contributed by atoms with Crippen molar-refractivity contribution in [3.8, 4) is 0 Å². The van der Waals surface area contributed by atoms with Crippen LogP contribution in [0.4, 0.5) is 0 Å². The zero-order chi connectivity index (χ0) is 12.5. The molecule has 1 atom stereocenters. The maximum Gasteiger partial charge on any atom is 0.273 e. The fourth-order valence-electron chi connectivity index (χ4n) is 2.23. The number of carbonyl (C=O) groups is 1. The van der Waals surface area contributed by atoms with Crippen LogP contribution in [0.3, 0.4) is 0 Å². The Kier molecular flexibility index (Phi) is 2.83. The van der Waals surface area contributed by atoms with Gasteiger partial charge in [-0.15, -0.1) is 5.10 Å². The molecule has 0 saturated heterocycles. The van der Waals surface area contributed by atoms with Gasteiger partial charge in [0, 0.05) is 30.6 Å². The number of carbonyl (C=O) groups excluding carboxylic acids is 1. The van der Waals surface area contributed by atoms with Crippen LogP contribution in [0, 0.1) is 6.92 Å². The third kappa shape index (κ3) is 2.13. The fraction of sp³-hybridized carbons (Fsp3) is 0.455. The zero-order valence-electron chi connectivity index (χ0n) is 9.96. The van der Waals surface area contributed by atoms with Crippen LogP contribution < -0.4 is 5.32 Å². The Labute approximate surface area is 108 Å². The molecule has 0 saturated carbocycles. The summed E-state index contributed by atoms with van der Waals surface area (Å²) in [6, 6.07) is 0.139. The molecule has 0 fully saturated rings. The van der Waals surface area contributed by atoms with E-state index in [2.05, 4.69) is 24.5 Å². The number of aromatic nitrogens is 4. The first-order valence-corrected chi connectivity index (χ1v) is 6.66. The van der Waals surface area contributed by atoms with Crippen LogP contribution in [-0.4, -0.2) is 31.1 Å². The monoisotopic (exact) mass is 263 g/mol. The topological polar surface area (TPSA) is 72.7 Å². The van der Waals surface area contributed by atoms with Gasteiger partial charge in [-0.3, -0.25) is 4.79 Å². The Balaban J connectivity index is 1.68. The zero-order valence-corrected chi connectivity index (χ0v) is 10.8. The fourth-order valence-corrected chi connectivity index (χ4v) is 2.66. The molecule has 0 radical (unpaired) electrons. The lowest BCUT2D eigenvalue weighted by Gasteiger charge is -2.24. The van der Waals surface area contributed by atoms with Gasteiger partial charge in [0.15, 0.2) is 5.69 Å². The molecular weight excluding hydrogens is 250 g/mol. The van der Waals surface area contributed by atoms with Crippen molar-refractivity contribution in [3.63, 3.8) is 0 Å². The van der Waals surface area contributed by atoms with E-state index in [-0.39, 0.29) is 11.9 Å². The van der Waals surface area contributed by atoms with E-state index >= 15 is 0 Å². The molecule has 7 heteroatoms. The van der Waals surface area contributed by atoms with Crippen LogP contribution >= 0.6 is 11.5 Å². The van der Waals surface area contributed by atoms with E-state index in [0.29, 0.717) is 5.69 Å². The van der Waals surface area contributed by atoms with E-state index in [1.807, 2.05) is 13.1 Å². The quantitative estimate of drug-likeness (QED) is 0.869. The first kappa shape index (κ1) is 11.3. The average molecular weight is 263 g/mol. The van der Waals surface area contributed by atoms with Crippen LogP contribution in [0.1, 0.15) is 28.4 Å². The number of amides is 1. The maximum absolute atomic E-state index is 11.9. The van der Waals surface area contributed by atoms with Gasteiger partial charge in [-0.05, 0) is 24.9 Å². The minimum atomic E-state index is -0.144. The smallest absolute Gasteiger partial charge is 0.273 e. The molecule has 1 N–H and O–H groups in total. The second-order valence-electron chi connectivity index (χ2n) is 4.45. The number of nitrogens with one attached hydrogen (secondary N) is 1. The summed E-state index contributed by atoms with van der Waals surface area (Å²) in [5, 5.41) is 8.41. The molecule has 2 aromatic rings. The molecule has 1 amide bonds. The van der Waals surface area contributed by atoms with Crippen molar-refractivity contribution < 1.29 is 4.79 Å². The van der Waals surface area contributed by atoms with Gasteiger partial charge in [-0.1, -0.05) is 4.49 Å². The Morgan fingerprint density at radius 3 is 3.28 bits per heavy atom. The molecule has 18 heavy (non-hydrogen) atoms. The highest BCUT2D eigenvalue weighted by Crippen LogP contribution is 2.15. The first-order valence-electron chi connectivity index (χ1n) is 5.83. The summed E-state index contributed by atoms with van der Waals surface area (Å²) in [5.74, 6) is 0.961. The molecule has 94 valence electrons. The number of nitrogens with zero attached hydrogens (tertiary/aromatic N) is 4. The lowest BCUT2D eigenvalue weighted by molar-refractivity contribution is 0.0922. The highest BCUT2D eigenvalue weighted by molar-refractivity contribution is 7.03. The summed E-state index contributed by atoms with van der Waals surface area (Å²) >= 11 is 1.18. The molecule has 0 spiro atoms. The highest BCUT2D eigenvalue weighted by atomic mass is 32.1. The summed E-state index contributed by atoms with van der Waals surface area (Å²) in [4.78, 5) is 16.3. The lowest BCUT2D eigenvalue weighted by Crippen LogP contribution is -2.41. The van der Waals surface area contributed by atoms with Crippen molar-refractivity contribution in [2.75, 3.05) is 0 Å². The van der Waals surface area contributed by atoms with Crippen LogP contribution in [0.25, 0.3) is 0 Å². The van der Waals surface area contributed by atoms with Crippen molar-refractivity contribution in [2.45, 2.75) is 32.4 Å². The first-order chi connectivity index (χ1) is 8.72. The third-order valence-corrected chi connectivity index (χ3v) is 3.55. The molecule has 1 aliphatic heterocycles. The van der Waals surface area contributed by atoms with E-state index in [4.69, 9.17) is 0 Å². The predicted molar refractivity (Wildman–Crippen MR) is 66.4 cm³/mol. The number of rotatable bonds is 2. The summed E-state index contributed by atoms with van der Waals surface area (Å²) in [7, 11) is 0. The van der Waals surface area contributed by atoms with Crippen LogP contribution in [0.15, 0.2) is 11.6 Å². The maximum atomic E-state index is 11.9. The number of fused-ring (bicyclic) bond motifs is 1. The minimum absolute atomic E-state index is 0.139. The van der Waals surface area contributed by atoms with E-state index in [1.165, 1.54) is 11.5 Å². The molecule has 1 aliphatic rings. The average Bonchev–Trinajstić information content (AvgIpc) is 2.95. The molecular formula is C11H13N5OS. The van der Waals surface area contributed by atoms with Gasteiger partial charge in [-0.2, -0.15) is 0 Å².